The summed E-state index contributed by atoms with van der Waals surface area (Å²) in [7, 11) is 0. The largest absolute Gasteiger partial charge is 0.469 e. The molecule has 0 N–H and O–H groups in total. The summed E-state index contributed by atoms with van der Waals surface area (Å²) < 4.78 is 10.8. The summed E-state index contributed by atoms with van der Waals surface area (Å²) in [5, 5.41) is 7.78. The number of carbonyl (C=O) groups excluding carboxylic acids is 1. The molecule has 0 aliphatic carbocycles. The maximum atomic E-state index is 11.7. The molecule has 2 rings (SSSR count). The number of halogens is 1. The lowest BCUT2D eigenvalue weighted by molar-refractivity contribution is -0.0234. The number of nitrogens with zero attached hydrogens (tertiary/aromatic N) is 3. The van der Waals surface area contributed by atoms with Crippen molar-refractivity contribution in [3.05, 3.63) is 17.3 Å². The van der Waals surface area contributed by atoms with Gasteiger partial charge in [0, 0.05) is 6.07 Å². The Morgan fingerprint density at radius 3 is 2.58 bits per heavy atom. The zero-order chi connectivity index (χ0) is 14.0. The van der Waals surface area contributed by atoms with Crippen molar-refractivity contribution in [1.82, 2.24) is 15.1 Å². The summed E-state index contributed by atoms with van der Waals surface area (Å²) in [6, 6.07) is 3.25. The second-order valence-electron chi connectivity index (χ2n) is 5.32. The van der Waals surface area contributed by atoms with Crippen molar-refractivity contribution >= 4 is 17.7 Å². The van der Waals surface area contributed by atoms with Gasteiger partial charge in [-0.3, -0.25) is 0 Å². The van der Waals surface area contributed by atoms with Crippen LogP contribution in [0.1, 0.15) is 20.8 Å². The monoisotopic (exact) mass is 285 g/mol. The minimum atomic E-state index is -0.481. The van der Waals surface area contributed by atoms with E-state index in [4.69, 9.17) is 21.1 Å². The molecule has 19 heavy (non-hydrogen) atoms. The molecule has 0 spiro atoms. The second kappa shape index (κ2) is 5.21. The minimum absolute atomic E-state index is 0.0806. The SMILES string of the molecule is CC(C)(C)OC(=O)N1CC(Oc2ccc(Cl)nn2)C1. The predicted molar refractivity (Wildman–Crippen MR) is 69.3 cm³/mol. The maximum Gasteiger partial charge on any atom is 0.410 e. The van der Waals surface area contributed by atoms with Crippen molar-refractivity contribution in [2.24, 2.45) is 0 Å². The highest BCUT2D eigenvalue weighted by Gasteiger charge is 2.35. The number of carbonyl (C=O) groups is 1. The highest BCUT2D eigenvalue weighted by Crippen LogP contribution is 2.19. The lowest BCUT2D eigenvalue weighted by Crippen LogP contribution is -2.57. The molecule has 1 amide bonds. The topological polar surface area (TPSA) is 64.5 Å². The molecule has 7 heteroatoms. The Labute approximate surface area is 116 Å². The Kier molecular flexibility index (Phi) is 3.80. The number of hydrogen-bond acceptors (Lipinski definition) is 5. The Morgan fingerprint density at radius 2 is 2.05 bits per heavy atom. The smallest absolute Gasteiger partial charge is 0.410 e. The molecule has 0 atom stereocenters. The van der Waals surface area contributed by atoms with Gasteiger partial charge in [0.25, 0.3) is 0 Å². The molecule has 1 aliphatic rings. The van der Waals surface area contributed by atoms with Crippen LogP contribution in [0.2, 0.25) is 5.15 Å². The third-order valence-corrected chi connectivity index (χ3v) is 2.60. The van der Waals surface area contributed by atoms with Gasteiger partial charge in [0.15, 0.2) is 5.15 Å². The summed E-state index contributed by atoms with van der Waals surface area (Å²) in [5.41, 5.74) is -0.481. The van der Waals surface area contributed by atoms with Crippen LogP contribution in [0.15, 0.2) is 12.1 Å². The molecule has 1 fully saturated rings. The van der Waals surface area contributed by atoms with Crippen molar-refractivity contribution < 1.29 is 14.3 Å². The van der Waals surface area contributed by atoms with Gasteiger partial charge in [-0.15, -0.1) is 10.2 Å². The Bertz CT molecular complexity index is 452. The van der Waals surface area contributed by atoms with Crippen LogP contribution >= 0.6 is 11.6 Å². The average Bonchev–Trinajstić information content (AvgIpc) is 2.22. The highest BCUT2D eigenvalue weighted by atomic mass is 35.5. The molecule has 104 valence electrons. The summed E-state index contributed by atoms with van der Waals surface area (Å²) >= 11 is 5.62. The van der Waals surface area contributed by atoms with Crippen LogP contribution < -0.4 is 4.74 Å². The van der Waals surface area contributed by atoms with E-state index in [2.05, 4.69) is 10.2 Å². The normalized spacial score (nSPS) is 15.9. The molecule has 0 radical (unpaired) electrons. The first-order valence-electron chi connectivity index (χ1n) is 5.97. The summed E-state index contributed by atoms with van der Waals surface area (Å²) in [6.45, 7) is 6.48. The number of amides is 1. The molecular formula is C12H16ClN3O3. The van der Waals surface area contributed by atoms with E-state index in [1.807, 2.05) is 20.8 Å². The van der Waals surface area contributed by atoms with Crippen molar-refractivity contribution in [1.29, 1.82) is 0 Å². The second-order valence-corrected chi connectivity index (χ2v) is 5.71. The van der Waals surface area contributed by atoms with Gasteiger partial charge in [0.05, 0.1) is 13.1 Å². The number of aromatic nitrogens is 2. The van der Waals surface area contributed by atoms with Crippen LogP contribution in [0, 0.1) is 0 Å². The van der Waals surface area contributed by atoms with Crippen LogP contribution in [0.5, 0.6) is 5.88 Å². The zero-order valence-corrected chi connectivity index (χ0v) is 11.8. The molecule has 1 aliphatic heterocycles. The fraction of sp³-hybridized carbons (Fsp3) is 0.583. The highest BCUT2D eigenvalue weighted by molar-refractivity contribution is 6.29. The van der Waals surface area contributed by atoms with Gasteiger partial charge in [-0.05, 0) is 26.8 Å². The van der Waals surface area contributed by atoms with E-state index in [1.165, 1.54) is 0 Å². The lowest BCUT2D eigenvalue weighted by atomic mass is 10.2. The Hall–Kier alpha value is -1.56. The molecule has 1 aromatic rings. The van der Waals surface area contributed by atoms with Crippen LogP contribution in [0.25, 0.3) is 0 Å². The van der Waals surface area contributed by atoms with E-state index in [1.54, 1.807) is 17.0 Å². The molecular weight excluding hydrogens is 270 g/mol. The number of hydrogen-bond donors (Lipinski definition) is 0. The van der Waals surface area contributed by atoms with E-state index in [0.29, 0.717) is 24.1 Å². The van der Waals surface area contributed by atoms with Crippen LogP contribution in [-0.2, 0) is 4.74 Å². The van der Waals surface area contributed by atoms with Gasteiger partial charge < -0.3 is 14.4 Å². The molecule has 1 aromatic heterocycles. The molecule has 1 saturated heterocycles. The maximum absolute atomic E-state index is 11.7. The average molecular weight is 286 g/mol. The van der Waals surface area contributed by atoms with Crippen molar-refractivity contribution in [3.63, 3.8) is 0 Å². The van der Waals surface area contributed by atoms with E-state index < -0.39 is 5.60 Å². The molecule has 0 aromatic carbocycles. The quantitative estimate of drug-likeness (QED) is 0.833. The predicted octanol–water partition coefficient (Wildman–Crippen LogP) is 2.13. The van der Waals surface area contributed by atoms with Gasteiger partial charge in [-0.1, -0.05) is 11.6 Å². The summed E-state index contributed by atoms with van der Waals surface area (Å²) in [5.74, 6) is 0.401. The third kappa shape index (κ3) is 3.96. The standard InChI is InChI=1S/C12H16ClN3O3/c1-12(2,3)19-11(17)16-6-8(7-16)18-10-5-4-9(13)14-15-10/h4-5,8H,6-7H2,1-3H3. The fourth-order valence-corrected chi connectivity index (χ4v) is 1.63. The summed E-state index contributed by atoms with van der Waals surface area (Å²) in [6.07, 6.45) is -0.405. The molecule has 6 nitrogen and oxygen atoms in total. The number of likely N-dealkylation sites (tertiary alicyclic amines) is 1. The van der Waals surface area contributed by atoms with Gasteiger partial charge in [0.2, 0.25) is 5.88 Å². The van der Waals surface area contributed by atoms with E-state index in [9.17, 15) is 4.79 Å². The molecule has 0 unspecified atom stereocenters. The van der Waals surface area contributed by atoms with E-state index in [-0.39, 0.29) is 12.2 Å². The first kappa shape index (κ1) is 13.9. The van der Waals surface area contributed by atoms with Crippen LogP contribution in [0.4, 0.5) is 4.79 Å². The molecule has 0 bridgehead atoms. The van der Waals surface area contributed by atoms with Crippen LogP contribution in [-0.4, -0.2) is 46.0 Å². The lowest BCUT2D eigenvalue weighted by Gasteiger charge is -2.39. The van der Waals surface area contributed by atoms with Gasteiger partial charge in [-0.2, -0.15) is 0 Å². The first-order valence-corrected chi connectivity index (χ1v) is 6.35. The van der Waals surface area contributed by atoms with Gasteiger partial charge >= 0.3 is 6.09 Å². The zero-order valence-electron chi connectivity index (χ0n) is 11.1. The van der Waals surface area contributed by atoms with E-state index >= 15 is 0 Å². The minimum Gasteiger partial charge on any atom is -0.469 e. The van der Waals surface area contributed by atoms with Crippen molar-refractivity contribution in [2.75, 3.05) is 13.1 Å². The first-order chi connectivity index (χ1) is 8.83. The van der Waals surface area contributed by atoms with Crippen molar-refractivity contribution in [3.8, 4) is 5.88 Å². The number of ether oxygens (including phenoxy) is 2. The van der Waals surface area contributed by atoms with Crippen LogP contribution in [0.3, 0.4) is 0 Å². The van der Waals surface area contributed by atoms with Gasteiger partial charge in [-0.25, -0.2) is 4.79 Å². The molecule has 2 heterocycles. The van der Waals surface area contributed by atoms with E-state index in [0.717, 1.165) is 0 Å². The fourth-order valence-electron chi connectivity index (χ4n) is 1.53. The van der Waals surface area contributed by atoms with Crippen molar-refractivity contribution in [2.45, 2.75) is 32.5 Å². The molecule has 0 saturated carbocycles. The summed E-state index contributed by atoms with van der Waals surface area (Å²) in [4.78, 5) is 13.3. The Morgan fingerprint density at radius 1 is 1.37 bits per heavy atom. The Balaban J connectivity index is 1.77. The third-order valence-electron chi connectivity index (χ3n) is 2.39. The number of rotatable bonds is 2. The van der Waals surface area contributed by atoms with Gasteiger partial charge in [0.1, 0.15) is 11.7 Å².